The van der Waals surface area contributed by atoms with Crippen molar-refractivity contribution in [3.8, 4) is 0 Å². The summed E-state index contributed by atoms with van der Waals surface area (Å²) in [6.45, 7) is 2.07. The van der Waals surface area contributed by atoms with Gasteiger partial charge in [0, 0.05) is 5.25 Å². The largest absolute Gasteiger partial charge is 0.322 e. The maximum absolute atomic E-state index is 12.1. The zero-order valence-electron chi connectivity index (χ0n) is 11.3. The monoisotopic (exact) mass is 342 g/mol. The zero-order chi connectivity index (χ0) is 14.7. The Bertz CT molecular complexity index is 642. The van der Waals surface area contributed by atoms with Gasteiger partial charge in [-0.05, 0) is 38.1 Å². The summed E-state index contributed by atoms with van der Waals surface area (Å²) in [6.07, 6.45) is 2.23. The van der Waals surface area contributed by atoms with Crippen molar-refractivity contribution in [2.75, 3.05) is 24.2 Å². The summed E-state index contributed by atoms with van der Waals surface area (Å²) in [5, 5.41) is 7.25. The van der Waals surface area contributed by atoms with Gasteiger partial charge >= 0.3 is 0 Å². The van der Waals surface area contributed by atoms with Crippen LogP contribution in [0.3, 0.4) is 0 Å². The molecule has 0 spiro atoms. The van der Waals surface area contributed by atoms with Gasteiger partial charge in [0.25, 0.3) is 0 Å². The van der Waals surface area contributed by atoms with Crippen LogP contribution in [-0.4, -0.2) is 38.7 Å². The van der Waals surface area contributed by atoms with E-state index >= 15 is 0 Å². The summed E-state index contributed by atoms with van der Waals surface area (Å²) < 4.78 is 8.35. The Hall–Kier alpha value is -0.890. The minimum Gasteiger partial charge on any atom is -0.322 e. The van der Waals surface area contributed by atoms with Gasteiger partial charge in [-0.1, -0.05) is 11.6 Å². The number of piperidine rings is 1. The predicted molar refractivity (Wildman–Crippen MR) is 89.4 cm³/mol. The maximum atomic E-state index is 12.1. The number of benzene rings is 1. The minimum atomic E-state index is -0.0408. The number of aromatic nitrogens is 2. The van der Waals surface area contributed by atoms with Crippen LogP contribution in [0.5, 0.6) is 0 Å². The van der Waals surface area contributed by atoms with Crippen LogP contribution in [0.15, 0.2) is 12.1 Å². The third-order valence-corrected chi connectivity index (χ3v) is 5.61. The molecule has 1 aliphatic heterocycles. The average Bonchev–Trinajstić information content (AvgIpc) is 2.98. The molecule has 1 aromatic carbocycles. The highest BCUT2D eigenvalue weighted by atomic mass is 35.5. The van der Waals surface area contributed by atoms with Crippen molar-refractivity contribution in [1.82, 2.24) is 14.1 Å². The summed E-state index contributed by atoms with van der Waals surface area (Å²) >= 11 is 8.99. The van der Waals surface area contributed by atoms with Crippen LogP contribution in [0.4, 0.5) is 5.69 Å². The molecule has 2 N–H and O–H groups in total. The van der Waals surface area contributed by atoms with Gasteiger partial charge in [0.1, 0.15) is 11.0 Å². The third kappa shape index (κ3) is 3.66. The molecule has 1 aliphatic rings. The second-order valence-corrected chi connectivity index (χ2v) is 7.09. The predicted octanol–water partition coefficient (Wildman–Crippen LogP) is 2.77. The SMILES string of the molecule is O=C(CSC1CCNCC1)Nc1c(Cl)ccc2nsnc12. The van der Waals surface area contributed by atoms with E-state index in [0.29, 0.717) is 27.2 Å². The number of anilines is 1. The summed E-state index contributed by atoms with van der Waals surface area (Å²) in [7, 11) is 0. The molecule has 0 aliphatic carbocycles. The van der Waals surface area contributed by atoms with Gasteiger partial charge in [-0.25, -0.2) is 0 Å². The first-order valence-corrected chi connectivity index (χ1v) is 8.92. The average molecular weight is 343 g/mol. The van der Waals surface area contributed by atoms with Crippen molar-refractivity contribution < 1.29 is 4.79 Å². The number of rotatable bonds is 4. The number of carbonyl (C=O) groups excluding carboxylic acids is 1. The van der Waals surface area contributed by atoms with Gasteiger partial charge in [0.15, 0.2) is 0 Å². The van der Waals surface area contributed by atoms with Crippen LogP contribution in [0.25, 0.3) is 11.0 Å². The quantitative estimate of drug-likeness (QED) is 0.894. The van der Waals surface area contributed by atoms with E-state index in [0.717, 1.165) is 43.2 Å². The number of nitrogens with one attached hydrogen (secondary N) is 2. The molecule has 5 nitrogen and oxygen atoms in total. The number of carbonyl (C=O) groups is 1. The van der Waals surface area contributed by atoms with Crippen molar-refractivity contribution in [2.24, 2.45) is 0 Å². The molecule has 8 heteroatoms. The molecule has 1 fully saturated rings. The normalized spacial score (nSPS) is 16.2. The second kappa shape index (κ2) is 6.91. The summed E-state index contributed by atoms with van der Waals surface area (Å²) in [5.41, 5.74) is 1.98. The molecular weight excluding hydrogens is 328 g/mol. The summed E-state index contributed by atoms with van der Waals surface area (Å²) in [5.74, 6) is 0.399. The number of nitrogens with zero attached hydrogens (tertiary/aromatic N) is 2. The molecule has 2 aromatic rings. The standard InChI is InChI=1S/C13H15ClN4OS2/c14-9-1-2-10-13(18-21-17-10)12(9)16-11(19)7-20-8-3-5-15-6-4-8/h1-2,8,15H,3-7H2,(H,16,19). The van der Waals surface area contributed by atoms with Gasteiger partial charge in [0.05, 0.1) is 28.2 Å². The summed E-state index contributed by atoms with van der Waals surface area (Å²) in [6, 6.07) is 3.54. The third-order valence-electron chi connectivity index (χ3n) is 3.38. The Morgan fingerprint density at radius 2 is 2.24 bits per heavy atom. The Balaban J connectivity index is 1.63. The van der Waals surface area contributed by atoms with Crippen LogP contribution >= 0.6 is 35.1 Å². The Kier molecular flexibility index (Phi) is 4.95. The van der Waals surface area contributed by atoms with Gasteiger partial charge in [-0.3, -0.25) is 4.79 Å². The second-order valence-electron chi connectivity index (χ2n) is 4.86. The number of thioether (sulfide) groups is 1. The molecule has 112 valence electrons. The van der Waals surface area contributed by atoms with Crippen LogP contribution < -0.4 is 10.6 Å². The molecule has 1 amide bonds. The van der Waals surface area contributed by atoms with E-state index in [1.807, 2.05) is 0 Å². The lowest BCUT2D eigenvalue weighted by atomic mass is 10.2. The number of halogens is 1. The van der Waals surface area contributed by atoms with Gasteiger partial charge < -0.3 is 10.6 Å². The Labute approximate surface area is 136 Å². The van der Waals surface area contributed by atoms with E-state index in [2.05, 4.69) is 19.4 Å². The maximum Gasteiger partial charge on any atom is 0.234 e. The molecule has 21 heavy (non-hydrogen) atoms. The van der Waals surface area contributed by atoms with E-state index in [9.17, 15) is 4.79 Å². The molecule has 0 bridgehead atoms. The first kappa shape index (κ1) is 15.0. The van der Waals surface area contributed by atoms with Crippen LogP contribution in [0.1, 0.15) is 12.8 Å². The molecule has 0 unspecified atom stereocenters. The van der Waals surface area contributed by atoms with E-state index in [4.69, 9.17) is 11.6 Å². The summed E-state index contributed by atoms with van der Waals surface area (Å²) in [4.78, 5) is 12.1. The van der Waals surface area contributed by atoms with Gasteiger partial charge in [-0.15, -0.1) is 11.8 Å². The highest BCUT2D eigenvalue weighted by Gasteiger charge is 2.17. The lowest BCUT2D eigenvalue weighted by molar-refractivity contribution is -0.113. The fraction of sp³-hybridized carbons (Fsp3) is 0.462. The van der Waals surface area contributed by atoms with Crippen molar-refractivity contribution in [1.29, 1.82) is 0 Å². The molecule has 0 saturated carbocycles. The topological polar surface area (TPSA) is 66.9 Å². The fourth-order valence-electron chi connectivity index (χ4n) is 2.28. The molecule has 0 radical (unpaired) electrons. The Morgan fingerprint density at radius 3 is 3.05 bits per heavy atom. The first-order valence-electron chi connectivity index (χ1n) is 6.77. The Morgan fingerprint density at radius 1 is 1.43 bits per heavy atom. The van der Waals surface area contributed by atoms with E-state index in [1.54, 1.807) is 23.9 Å². The number of hydrogen-bond acceptors (Lipinski definition) is 6. The number of hydrogen-bond donors (Lipinski definition) is 2. The smallest absolute Gasteiger partial charge is 0.234 e. The van der Waals surface area contributed by atoms with Crippen molar-refractivity contribution in [3.63, 3.8) is 0 Å². The molecular formula is C13H15ClN4OS2. The van der Waals surface area contributed by atoms with Gasteiger partial charge in [0.2, 0.25) is 5.91 Å². The van der Waals surface area contributed by atoms with Crippen LogP contribution in [0, 0.1) is 0 Å². The zero-order valence-corrected chi connectivity index (χ0v) is 13.7. The van der Waals surface area contributed by atoms with Crippen LogP contribution in [-0.2, 0) is 4.79 Å². The highest BCUT2D eigenvalue weighted by Crippen LogP contribution is 2.30. The molecule has 2 heterocycles. The molecule has 3 rings (SSSR count). The van der Waals surface area contributed by atoms with Crippen molar-refractivity contribution in [3.05, 3.63) is 17.2 Å². The van der Waals surface area contributed by atoms with Gasteiger partial charge in [-0.2, -0.15) is 8.75 Å². The highest BCUT2D eigenvalue weighted by molar-refractivity contribution is 8.00. The number of amides is 1. The van der Waals surface area contributed by atoms with Crippen molar-refractivity contribution >= 4 is 57.7 Å². The lowest BCUT2D eigenvalue weighted by Crippen LogP contribution is -2.30. The fourth-order valence-corrected chi connectivity index (χ4v) is 4.05. The molecule has 1 saturated heterocycles. The minimum absolute atomic E-state index is 0.0408. The van der Waals surface area contributed by atoms with E-state index in [-0.39, 0.29) is 5.91 Å². The first-order chi connectivity index (χ1) is 10.2. The molecule has 1 aromatic heterocycles. The van der Waals surface area contributed by atoms with Crippen molar-refractivity contribution in [2.45, 2.75) is 18.1 Å². The molecule has 0 atom stereocenters. The van der Waals surface area contributed by atoms with E-state index < -0.39 is 0 Å². The van der Waals surface area contributed by atoms with Crippen LogP contribution in [0.2, 0.25) is 5.02 Å². The number of fused-ring (bicyclic) bond motifs is 1. The lowest BCUT2D eigenvalue weighted by Gasteiger charge is -2.21. The van der Waals surface area contributed by atoms with E-state index in [1.165, 1.54) is 0 Å².